The first-order chi connectivity index (χ1) is 8.97. The Morgan fingerprint density at radius 1 is 1.11 bits per heavy atom. The van der Waals surface area contributed by atoms with Crippen LogP contribution < -0.4 is 5.32 Å². The molecule has 0 unspecified atom stereocenters. The van der Waals surface area contributed by atoms with Gasteiger partial charge in [-0.15, -0.1) is 0 Å². The van der Waals surface area contributed by atoms with Gasteiger partial charge in [0.25, 0.3) is 0 Å². The summed E-state index contributed by atoms with van der Waals surface area (Å²) in [5.74, 6) is -1.32. The SMILES string of the molecule is Cc1ccc(F)c(Nc2ccc(C(=O)O)cc2C)c1. The molecular weight excluding hydrogens is 245 g/mol. The highest BCUT2D eigenvalue weighted by atomic mass is 19.1. The minimum Gasteiger partial charge on any atom is -0.478 e. The normalized spacial score (nSPS) is 10.3. The van der Waals surface area contributed by atoms with Gasteiger partial charge in [0.15, 0.2) is 0 Å². The fourth-order valence-corrected chi connectivity index (χ4v) is 1.82. The summed E-state index contributed by atoms with van der Waals surface area (Å²) in [5, 5.41) is 11.9. The van der Waals surface area contributed by atoms with Gasteiger partial charge in [-0.05, 0) is 55.3 Å². The summed E-state index contributed by atoms with van der Waals surface area (Å²) in [6, 6.07) is 9.49. The Kier molecular flexibility index (Phi) is 3.51. The number of aromatic carboxylic acids is 1. The maximum Gasteiger partial charge on any atom is 0.335 e. The number of rotatable bonds is 3. The van der Waals surface area contributed by atoms with Crippen molar-refractivity contribution >= 4 is 17.3 Å². The quantitative estimate of drug-likeness (QED) is 0.879. The summed E-state index contributed by atoms with van der Waals surface area (Å²) in [5.41, 5.74) is 2.98. The van der Waals surface area contributed by atoms with Gasteiger partial charge in [0, 0.05) is 5.69 Å². The Morgan fingerprint density at radius 3 is 2.47 bits per heavy atom. The van der Waals surface area contributed by atoms with Crippen LogP contribution in [0.2, 0.25) is 0 Å². The van der Waals surface area contributed by atoms with Gasteiger partial charge in [0.1, 0.15) is 5.82 Å². The van der Waals surface area contributed by atoms with Crippen molar-refractivity contribution in [2.45, 2.75) is 13.8 Å². The molecule has 0 bridgehead atoms. The first kappa shape index (κ1) is 13.1. The van der Waals surface area contributed by atoms with E-state index in [1.807, 2.05) is 6.92 Å². The number of hydrogen-bond acceptors (Lipinski definition) is 2. The van der Waals surface area contributed by atoms with Crippen LogP contribution in [-0.4, -0.2) is 11.1 Å². The molecule has 98 valence electrons. The molecule has 0 radical (unpaired) electrons. The Labute approximate surface area is 110 Å². The fraction of sp³-hybridized carbons (Fsp3) is 0.133. The van der Waals surface area contributed by atoms with Crippen LogP contribution in [0.3, 0.4) is 0 Å². The Bertz CT molecular complexity index is 638. The van der Waals surface area contributed by atoms with E-state index in [1.54, 1.807) is 31.2 Å². The molecular formula is C15H14FNO2. The second-order valence-electron chi connectivity index (χ2n) is 4.44. The molecule has 19 heavy (non-hydrogen) atoms. The van der Waals surface area contributed by atoms with E-state index in [4.69, 9.17) is 5.11 Å². The summed E-state index contributed by atoms with van der Waals surface area (Å²) in [4.78, 5) is 10.8. The van der Waals surface area contributed by atoms with Crippen molar-refractivity contribution in [2.75, 3.05) is 5.32 Å². The molecule has 0 fully saturated rings. The van der Waals surface area contributed by atoms with Crippen molar-refractivity contribution < 1.29 is 14.3 Å². The number of benzene rings is 2. The van der Waals surface area contributed by atoms with Crippen molar-refractivity contribution in [1.82, 2.24) is 0 Å². The largest absolute Gasteiger partial charge is 0.478 e. The van der Waals surface area contributed by atoms with E-state index >= 15 is 0 Å². The third-order valence-electron chi connectivity index (χ3n) is 2.86. The van der Waals surface area contributed by atoms with Crippen molar-refractivity contribution in [3.63, 3.8) is 0 Å². The molecule has 0 aliphatic rings. The van der Waals surface area contributed by atoms with Crippen LogP contribution in [0.5, 0.6) is 0 Å². The number of halogens is 1. The number of carboxylic acid groups (broad SMARTS) is 1. The number of hydrogen-bond donors (Lipinski definition) is 2. The lowest BCUT2D eigenvalue weighted by atomic mass is 10.1. The summed E-state index contributed by atoms with van der Waals surface area (Å²) >= 11 is 0. The second-order valence-corrected chi connectivity index (χ2v) is 4.44. The molecule has 2 aromatic rings. The van der Waals surface area contributed by atoms with E-state index in [9.17, 15) is 9.18 Å². The summed E-state index contributed by atoms with van der Waals surface area (Å²) < 4.78 is 13.6. The average Bonchev–Trinajstić information content (AvgIpc) is 2.36. The van der Waals surface area contributed by atoms with Crippen LogP contribution >= 0.6 is 0 Å². The third-order valence-corrected chi connectivity index (χ3v) is 2.86. The molecule has 0 heterocycles. The van der Waals surface area contributed by atoms with Crippen molar-refractivity contribution in [1.29, 1.82) is 0 Å². The van der Waals surface area contributed by atoms with Gasteiger partial charge in [-0.3, -0.25) is 0 Å². The van der Waals surface area contributed by atoms with E-state index in [2.05, 4.69) is 5.32 Å². The highest BCUT2D eigenvalue weighted by molar-refractivity contribution is 5.88. The van der Waals surface area contributed by atoms with Gasteiger partial charge >= 0.3 is 5.97 Å². The van der Waals surface area contributed by atoms with Crippen LogP contribution in [0.15, 0.2) is 36.4 Å². The Morgan fingerprint density at radius 2 is 1.84 bits per heavy atom. The monoisotopic (exact) mass is 259 g/mol. The zero-order chi connectivity index (χ0) is 14.0. The predicted molar refractivity (Wildman–Crippen MR) is 72.6 cm³/mol. The smallest absolute Gasteiger partial charge is 0.335 e. The van der Waals surface area contributed by atoms with Crippen molar-refractivity contribution in [3.8, 4) is 0 Å². The lowest BCUT2D eigenvalue weighted by Gasteiger charge is -2.11. The minimum absolute atomic E-state index is 0.216. The van der Waals surface area contributed by atoms with Gasteiger partial charge in [-0.25, -0.2) is 9.18 Å². The molecule has 0 aliphatic carbocycles. The van der Waals surface area contributed by atoms with Crippen LogP contribution in [-0.2, 0) is 0 Å². The van der Waals surface area contributed by atoms with E-state index in [-0.39, 0.29) is 11.4 Å². The topological polar surface area (TPSA) is 49.3 Å². The van der Waals surface area contributed by atoms with Crippen LogP contribution in [0.1, 0.15) is 21.5 Å². The maximum atomic E-state index is 13.6. The predicted octanol–water partition coefficient (Wildman–Crippen LogP) is 3.88. The van der Waals surface area contributed by atoms with E-state index in [0.717, 1.165) is 11.1 Å². The summed E-state index contributed by atoms with van der Waals surface area (Å²) in [6.45, 7) is 3.66. The molecule has 2 aromatic carbocycles. The second kappa shape index (κ2) is 5.10. The van der Waals surface area contributed by atoms with Gasteiger partial charge < -0.3 is 10.4 Å². The first-order valence-electron chi connectivity index (χ1n) is 5.84. The molecule has 4 heteroatoms. The summed E-state index contributed by atoms with van der Waals surface area (Å²) in [6.07, 6.45) is 0. The number of nitrogens with one attached hydrogen (secondary N) is 1. The Balaban J connectivity index is 2.33. The molecule has 0 amide bonds. The third kappa shape index (κ3) is 2.91. The van der Waals surface area contributed by atoms with E-state index < -0.39 is 5.97 Å². The molecule has 0 spiro atoms. The molecule has 2 rings (SSSR count). The van der Waals surface area contributed by atoms with Gasteiger partial charge in [-0.1, -0.05) is 6.07 Å². The highest BCUT2D eigenvalue weighted by Crippen LogP contribution is 2.24. The van der Waals surface area contributed by atoms with Crippen LogP contribution in [0.4, 0.5) is 15.8 Å². The van der Waals surface area contributed by atoms with Crippen LogP contribution in [0, 0.1) is 19.7 Å². The standard InChI is InChI=1S/C15H14FNO2/c1-9-3-5-12(16)14(7-9)17-13-6-4-11(15(18)19)8-10(13)2/h3-8,17H,1-2H3,(H,18,19). The molecule has 0 atom stereocenters. The maximum absolute atomic E-state index is 13.6. The molecule has 3 nitrogen and oxygen atoms in total. The molecule has 0 aliphatic heterocycles. The molecule has 2 N–H and O–H groups in total. The van der Waals surface area contributed by atoms with Gasteiger partial charge in [-0.2, -0.15) is 0 Å². The molecule has 0 saturated carbocycles. The lowest BCUT2D eigenvalue weighted by molar-refractivity contribution is 0.0697. The zero-order valence-electron chi connectivity index (χ0n) is 10.7. The number of anilines is 2. The summed E-state index contributed by atoms with van der Waals surface area (Å²) in [7, 11) is 0. The number of carboxylic acids is 1. The Hall–Kier alpha value is -2.36. The highest BCUT2D eigenvalue weighted by Gasteiger charge is 2.08. The van der Waals surface area contributed by atoms with Gasteiger partial charge in [0.05, 0.1) is 11.3 Å². The number of aryl methyl sites for hydroxylation is 2. The zero-order valence-corrected chi connectivity index (χ0v) is 10.7. The first-order valence-corrected chi connectivity index (χ1v) is 5.84. The lowest BCUT2D eigenvalue weighted by Crippen LogP contribution is -2.00. The minimum atomic E-state index is -0.976. The van der Waals surface area contributed by atoms with Crippen molar-refractivity contribution in [2.24, 2.45) is 0 Å². The van der Waals surface area contributed by atoms with E-state index in [1.165, 1.54) is 12.1 Å². The van der Waals surface area contributed by atoms with Crippen LogP contribution in [0.25, 0.3) is 0 Å². The van der Waals surface area contributed by atoms with E-state index in [0.29, 0.717) is 11.4 Å². The fourth-order valence-electron chi connectivity index (χ4n) is 1.82. The average molecular weight is 259 g/mol. The number of carbonyl (C=O) groups is 1. The molecule has 0 aromatic heterocycles. The van der Waals surface area contributed by atoms with Crippen molar-refractivity contribution in [3.05, 3.63) is 58.9 Å². The van der Waals surface area contributed by atoms with Gasteiger partial charge in [0.2, 0.25) is 0 Å². The molecule has 0 saturated heterocycles.